The van der Waals surface area contributed by atoms with Crippen LogP contribution in [-0.4, -0.2) is 25.4 Å². The monoisotopic (exact) mass is 277 g/mol. The minimum absolute atomic E-state index is 0.253. The minimum Gasteiger partial charge on any atom is -0.491 e. The van der Waals surface area contributed by atoms with E-state index in [2.05, 4.69) is 44.3 Å². The van der Waals surface area contributed by atoms with Crippen molar-refractivity contribution in [3.8, 4) is 5.75 Å². The van der Waals surface area contributed by atoms with Crippen LogP contribution in [0.4, 0.5) is 0 Å². The molecule has 0 amide bonds. The van der Waals surface area contributed by atoms with Gasteiger partial charge in [0.25, 0.3) is 0 Å². The van der Waals surface area contributed by atoms with Gasteiger partial charge in [0.2, 0.25) is 0 Å². The van der Waals surface area contributed by atoms with Crippen molar-refractivity contribution in [3.63, 3.8) is 0 Å². The lowest BCUT2D eigenvalue weighted by Gasteiger charge is -2.16. The third-order valence-corrected chi connectivity index (χ3v) is 3.70. The van der Waals surface area contributed by atoms with Gasteiger partial charge in [0.05, 0.1) is 12.2 Å². The van der Waals surface area contributed by atoms with Gasteiger partial charge in [0.15, 0.2) is 0 Å². The molecule has 3 heteroatoms. The molecule has 0 radical (unpaired) electrons. The molecule has 112 valence electrons. The van der Waals surface area contributed by atoms with Crippen molar-refractivity contribution >= 4 is 0 Å². The van der Waals surface area contributed by atoms with Gasteiger partial charge < -0.3 is 14.8 Å². The Labute approximate surface area is 122 Å². The highest BCUT2D eigenvalue weighted by molar-refractivity contribution is 5.36. The van der Waals surface area contributed by atoms with E-state index in [0.717, 1.165) is 38.1 Å². The molecule has 20 heavy (non-hydrogen) atoms. The average molecular weight is 277 g/mol. The Balaban J connectivity index is 1.91. The van der Waals surface area contributed by atoms with Crippen LogP contribution in [0.2, 0.25) is 0 Å². The van der Waals surface area contributed by atoms with Gasteiger partial charge in [-0.25, -0.2) is 0 Å². The summed E-state index contributed by atoms with van der Waals surface area (Å²) in [4.78, 5) is 0. The van der Waals surface area contributed by atoms with Gasteiger partial charge in [-0.3, -0.25) is 0 Å². The Morgan fingerprint density at radius 2 is 2.20 bits per heavy atom. The van der Waals surface area contributed by atoms with Crippen LogP contribution in [0.1, 0.15) is 44.2 Å². The molecule has 0 aromatic heterocycles. The Hall–Kier alpha value is -1.06. The maximum absolute atomic E-state index is 5.99. The molecule has 1 N–H and O–H groups in total. The minimum atomic E-state index is 0.253. The summed E-state index contributed by atoms with van der Waals surface area (Å²) in [7, 11) is 0. The normalized spacial score (nSPS) is 22.1. The predicted octanol–water partition coefficient (Wildman–Crippen LogP) is 3.44. The Kier molecular flexibility index (Phi) is 5.86. The summed E-state index contributed by atoms with van der Waals surface area (Å²) in [6.45, 7) is 9.00. The number of aryl methyl sites for hydroxylation is 1. The van der Waals surface area contributed by atoms with E-state index >= 15 is 0 Å². The van der Waals surface area contributed by atoms with E-state index < -0.39 is 0 Å². The molecule has 2 atom stereocenters. The van der Waals surface area contributed by atoms with E-state index in [1.54, 1.807) is 0 Å². The molecule has 0 aliphatic carbocycles. The first kappa shape index (κ1) is 15.3. The van der Waals surface area contributed by atoms with E-state index in [-0.39, 0.29) is 6.10 Å². The lowest BCUT2D eigenvalue weighted by Crippen LogP contribution is -2.19. The van der Waals surface area contributed by atoms with Crippen molar-refractivity contribution in [1.29, 1.82) is 0 Å². The topological polar surface area (TPSA) is 30.5 Å². The summed E-state index contributed by atoms with van der Waals surface area (Å²) in [5, 5.41) is 3.44. The van der Waals surface area contributed by atoms with E-state index in [1.165, 1.54) is 11.1 Å². The van der Waals surface area contributed by atoms with Crippen molar-refractivity contribution in [2.45, 2.75) is 58.8 Å². The smallest absolute Gasteiger partial charge is 0.123 e. The molecule has 1 aliphatic heterocycles. The molecule has 0 saturated carbocycles. The zero-order valence-corrected chi connectivity index (χ0v) is 12.9. The van der Waals surface area contributed by atoms with Crippen molar-refractivity contribution < 1.29 is 9.47 Å². The molecular formula is C17H27NO2. The van der Waals surface area contributed by atoms with E-state index in [0.29, 0.717) is 12.7 Å². The van der Waals surface area contributed by atoms with Crippen molar-refractivity contribution in [1.82, 2.24) is 5.32 Å². The Bertz CT molecular complexity index is 419. The predicted molar refractivity (Wildman–Crippen MR) is 82.2 cm³/mol. The van der Waals surface area contributed by atoms with Crippen LogP contribution in [0.15, 0.2) is 18.2 Å². The second-order valence-corrected chi connectivity index (χ2v) is 5.75. The van der Waals surface area contributed by atoms with E-state index in [1.807, 2.05) is 0 Å². The average Bonchev–Trinajstić information content (AvgIpc) is 2.84. The van der Waals surface area contributed by atoms with Gasteiger partial charge >= 0.3 is 0 Å². The quantitative estimate of drug-likeness (QED) is 0.774. The highest BCUT2D eigenvalue weighted by atomic mass is 16.5. The van der Waals surface area contributed by atoms with Crippen molar-refractivity contribution in [3.05, 3.63) is 29.3 Å². The van der Waals surface area contributed by atoms with Crippen LogP contribution in [0.3, 0.4) is 0 Å². The van der Waals surface area contributed by atoms with E-state index in [4.69, 9.17) is 9.47 Å². The van der Waals surface area contributed by atoms with Crippen LogP contribution in [-0.2, 0) is 11.3 Å². The largest absolute Gasteiger partial charge is 0.491 e. The zero-order chi connectivity index (χ0) is 14.4. The first-order valence-corrected chi connectivity index (χ1v) is 7.77. The number of benzene rings is 1. The Morgan fingerprint density at radius 1 is 1.35 bits per heavy atom. The second kappa shape index (κ2) is 7.65. The van der Waals surface area contributed by atoms with Crippen LogP contribution < -0.4 is 10.1 Å². The molecule has 0 bridgehead atoms. The number of nitrogens with one attached hydrogen (secondary N) is 1. The molecule has 2 unspecified atom stereocenters. The lowest BCUT2D eigenvalue weighted by atomic mass is 10.1. The number of hydrogen-bond acceptors (Lipinski definition) is 3. The SMILES string of the molecule is CCCNCc1cc(C)ccc1OCC1CCC(C)O1. The fourth-order valence-electron chi connectivity index (χ4n) is 2.58. The third kappa shape index (κ3) is 4.50. The van der Waals surface area contributed by atoms with Gasteiger partial charge in [-0.05, 0) is 45.7 Å². The van der Waals surface area contributed by atoms with Gasteiger partial charge in [-0.1, -0.05) is 24.6 Å². The highest BCUT2D eigenvalue weighted by Gasteiger charge is 2.22. The molecule has 3 nitrogen and oxygen atoms in total. The summed E-state index contributed by atoms with van der Waals surface area (Å²) in [5.41, 5.74) is 2.51. The Morgan fingerprint density at radius 3 is 2.90 bits per heavy atom. The van der Waals surface area contributed by atoms with Crippen molar-refractivity contribution in [2.75, 3.05) is 13.2 Å². The standard InChI is InChI=1S/C17H27NO2/c1-4-9-18-11-15-10-13(2)5-8-17(15)19-12-16-7-6-14(3)20-16/h5,8,10,14,16,18H,4,6-7,9,11-12H2,1-3H3. The van der Waals surface area contributed by atoms with Gasteiger partial charge in [0, 0.05) is 12.1 Å². The summed E-state index contributed by atoms with van der Waals surface area (Å²) in [5.74, 6) is 0.988. The number of rotatable bonds is 7. The van der Waals surface area contributed by atoms with Crippen LogP contribution in [0.5, 0.6) is 5.75 Å². The summed E-state index contributed by atoms with van der Waals surface area (Å²) in [6, 6.07) is 6.39. The van der Waals surface area contributed by atoms with Gasteiger partial charge in [0.1, 0.15) is 12.4 Å². The molecule has 1 aromatic rings. The molecule has 0 spiro atoms. The van der Waals surface area contributed by atoms with Gasteiger partial charge in [-0.15, -0.1) is 0 Å². The third-order valence-electron chi connectivity index (χ3n) is 3.70. The lowest BCUT2D eigenvalue weighted by molar-refractivity contribution is 0.0262. The molecule has 1 heterocycles. The van der Waals surface area contributed by atoms with Crippen molar-refractivity contribution in [2.24, 2.45) is 0 Å². The molecule has 2 rings (SSSR count). The summed E-state index contributed by atoms with van der Waals surface area (Å²) < 4.78 is 11.8. The number of ether oxygens (including phenoxy) is 2. The van der Waals surface area contributed by atoms with Gasteiger partial charge in [-0.2, -0.15) is 0 Å². The van der Waals surface area contributed by atoms with Crippen LogP contribution in [0.25, 0.3) is 0 Å². The first-order valence-electron chi connectivity index (χ1n) is 7.77. The summed E-state index contributed by atoms with van der Waals surface area (Å²) >= 11 is 0. The molecule has 1 aliphatic rings. The van der Waals surface area contributed by atoms with Crippen LogP contribution in [0, 0.1) is 6.92 Å². The summed E-state index contributed by atoms with van der Waals surface area (Å²) in [6.07, 6.45) is 4.04. The first-order chi connectivity index (χ1) is 9.69. The second-order valence-electron chi connectivity index (χ2n) is 5.75. The van der Waals surface area contributed by atoms with E-state index in [9.17, 15) is 0 Å². The fraction of sp³-hybridized carbons (Fsp3) is 0.647. The zero-order valence-electron chi connectivity index (χ0n) is 12.9. The maximum Gasteiger partial charge on any atom is 0.123 e. The molecule has 1 fully saturated rings. The molecule has 1 aromatic carbocycles. The maximum atomic E-state index is 5.99. The highest BCUT2D eigenvalue weighted by Crippen LogP contribution is 2.23. The molecular weight excluding hydrogens is 250 g/mol. The fourth-order valence-corrected chi connectivity index (χ4v) is 2.58. The number of hydrogen-bond donors (Lipinski definition) is 1. The molecule has 1 saturated heterocycles. The van der Waals surface area contributed by atoms with Crippen LogP contribution >= 0.6 is 0 Å².